The fourth-order valence-corrected chi connectivity index (χ4v) is 5.09. The summed E-state index contributed by atoms with van der Waals surface area (Å²) in [5.74, 6) is -0.532. The third-order valence-electron chi connectivity index (χ3n) is 6.80. The summed E-state index contributed by atoms with van der Waals surface area (Å²) in [6.45, 7) is 4.44. The largest absolute Gasteiger partial charge is 0.493 e. The lowest BCUT2D eigenvalue weighted by atomic mass is 10.0. The van der Waals surface area contributed by atoms with Gasteiger partial charge in [-0.25, -0.2) is 14.6 Å². The van der Waals surface area contributed by atoms with Crippen molar-refractivity contribution in [1.82, 2.24) is 0 Å². The highest BCUT2D eigenvalue weighted by molar-refractivity contribution is 9.10. The van der Waals surface area contributed by atoms with Crippen LogP contribution in [0, 0.1) is 13.8 Å². The van der Waals surface area contributed by atoms with E-state index in [1.165, 1.54) is 24.3 Å². The van der Waals surface area contributed by atoms with Crippen molar-refractivity contribution in [2.24, 2.45) is 0 Å². The van der Waals surface area contributed by atoms with Crippen molar-refractivity contribution in [2.45, 2.75) is 20.5 Å². The molecule has 1 aliphatic rings. The Hall–Kier alpha value is -4.69. The normalized spacial score (nSPS) is 13.5. The van der Waals surface area contributed by atoms with Gasteiger partial charge in [-0.2, -0.15) is 0 Å². The molecule has 8 heteroatoms. The van der Waals surface area contributed by atoms with Gasteiger partial charge in [-0.1, -0.05) is 54.6 Å². The van der Waals surface area contributed by atoms with Crippen molar-refractivity contribution >= 4 is 51.2 Å². The third kappa shape index (κ3) is 5.64. The second kappa shape index (κ2) is 11.8. The van der Waals surface area contributed by atoms with E-state index in [0.717, 1.165) is 15.4 Å². The van der Waals surface area contributed by atoms with Gasteiger partial charge in [-0.15, -0.1) is 0 Å². The molecule has 206 valence electrons. The van der Waals surface area contributed by atoms with Gasteiger partial charge in [-0.3, -0.25) is 9.59 Å². The Morgan fingerprint density at radius 3 is 1.88 bits per heavy atom. The Morgan fingerprint density at radius 1 is 0.756 bits per heavy atom. The average Bonchev–Trinajstić information content (AvgIpc) is 2.97. The van der Waals surface area contributed by atoms with Gasteiger partial charge in [0.2, 0.25) is 0 Å². The SMILES string of the molecule is COc1cc(C=C2C(=O)N(c3ccccc3)C(=O)N(c3ccccc3)C2=O)cc(Br)c1OCc1ccc(C)c(C)c1. The fourth-order valence-electron chi connectivity index (χ4n) is 4.52. The number of rotatable bonds is 7. The van der Waals surface area contributed by atoms with Gasteiger partial charge < -0.3 is 9.47 Å². The summed E-state index contributed by atoms with van der Waals surface area (Å²) in [7, 11) is 1.52. The summed E-state index contributed by atoms with van der Waals surface area (Å²) in [5, 5.41) is 0. The summed E-state index contributed by atoms with van der Waals surface area (Å²) >= 11 is 3.56. The van der Waals surface area contributed by atoms with E-state index in [0.29, 0.717) is 39.5 Å². The molecular weight excluding hydrogens is 584 g/mol. The van der Waals surface area contributed by atoms with Gasteiger partial charge >= 0.3 is 6.03 Å². The highest BCUT2D eigenvalue weighted by Crippen LogP contribution is 2.38. The van der Waals surface area contributed by atoms with Crippen LogP contribution in [0.5, 0.6) is 11.5 Å². The molecule has 0 spiro atoms. The maximum absolute atomic E-state index is 13.7. The summed E-state index contributed by atoms with van der Waals surface area (Å²) in [4.78, 5) is 42.9. The zero-order valence-corrected chi connectivity index (χ0v) is 24.3. The van der Waals surface area contributed by atoms with Gasteiger partial charge in [0.15, 0.2) is 11.5 Å². The molecule has 1 aliphatic heterocycles. The van der Waals surface area contributed by atoms with Crippen LogP contribution in [0.15, 0.2) is 101 Å². The Bertz CT molecular complexity index is 1600. The topological polar surface area (TPSA) is 76.2 Å². The van der Waals surface area contributed by atoms with Crippen LogP contribution in [-0.2, 0) is 16.2 Å². The van der Waals surface area contributed by atoms with E-state index in [1.54, 1.807) is 72.8 Å². The summed E-state index contributed by atoms with van der Waals surface area (Å²) in [6, 6.07) is 25.9. The lowest BCUT2D eigenvalue weighted by Gasteiger charge is -2.34. The number of hydrogen-bond acceptors (Lipinski definition) is 5. The molecule has 1 fully saturated rings. The number of hydrogen-bond donors (Lipinski definition) is 0. The zero-order valence-electron chi connectivity index (χ0n) is 22.8. The predicted octanol–water partition coefficient (Wildman–Crippen LogP) is 7.24. The highest BCUT2D eigenvalue weighted by atomic mass is 79.9. The number of methoxy groups -OCH3 is 1. The van der Waals surface area contributed by atoms with Crippen LogP contribution in [-0.4, -0.2) is 25.0 Å². The molecule has 0 bridgehead atoms. The molecule has 0 aliphatic carbocycles. The van der Waals surface area contributed by atoms with Crippen LogP contribution in [0.1, 0.15) is 22.3 Å². The van der Waals surface area contributed by atoms with Crippen molar-refractivity contribution in [1.29, 1.82) is 0 Å². The molecule has 0 atom stereocenters. The minimum atomic E-state index is -0.747. The molecule has 0 unspecified atom stereocenters. The molecule has 0 radical (unpaired) electrons. The molecule has 1 heterocycles. The number of para-hydroxylation sites is 2. The maximum Gasteiger partial charge on any atom is 0.343 e. The maximum atomic E-state index is 13.7. The number of urea groups is 1. The average molecular weight is 611 g/mol. The second-order valence-electron chi connectivity index (χ2n) is 9.53. The van der Waals surface area contributed by atoms with Crippen molar-refractivity contribution in [3.8, 4) is 11.5 Å². The Balaban J connectivity index is 1.53. The lowest BCUT2D eigenvalue weighted by molar-refractivity contribution is -0.121. The van der Waals surface area contributed by atoms with E-state index < -0.39 is 17.8 Å². The molecule has 4 aromatic rings. The molecule has 0 saturated carbocycles. The third-order valence-corrected chi connectivity index (χ3v) is 7.38. The first-order valence-corrected chi connectivity index (χ1v) is 13.7. The van der Waals surface area contributed by atoms with Gasteiger partial charge in [0.05, 0.1) is 23.0 Å². The molecule has 0 N–H and O–H groups in total. The number of ether oxygens (including phenoxy) is 2. The Morgan fingerprint density at radius 2 is 1.34 bits per heavy atom. The van der Waals surface area contributed by atoms with Crippen LogP contribution in [0.2, 0.25) is 0 Å². The number of carbonyl (C=O) groups excluding carboxylic acids is 3. The number of halogens is 1. The van der Waals surface area contributed by atoms with E-state index >= 15 is 0 Å². The molecule has 0 aromatic heterocycles. The second-order valence-corrected chi connectivity index (χ2v) is 10.4. The van der Waals surface area contributed by atoms with Crippen LogP contribution >= 0.6 is 15.9 Å². The Kier molecular flexibility index (Phi) is 8.03. The lowest BCUT2D eigenvalue weighted by Crippen LogP contribution is -2.57. The zero-order chi connectivity index (χ0) is 29.1. The van der Waals surface area contributed by atoms with E-state index in [2.05, 4.69) is 41.9 Å². The standard InChI is InChI=1S/C33H27BrN2O5/c1-21-14-15-23(16-22(21)2)20-41-30-28(34)18-24(19-29(30)40-3)17-27-31(37)35(25-10-6-4-7-11-25)33(39)36(32(27)38)26-12-8-5-9-13-26/h4-19H,20H2,1-3H3. The minimum Gasteiger partial charge on any atom is -0.493 e. The van der Waals surface area contributed by atoms with Gasteiger partial charge in [0, 0.05) is 0 Å². The van der Waals surface area contributed by atoms with Crippen LogP contribution < -0.4 is 19.3 Å². The number of anilines is 2. The van der Waals surface area contributed by atoms with Crippen molar-refractivity contribution in [2.75, 3.05) is 16.9 Å². The number of amides is 4. The van der Waals surface area contributed by atoms with Gasteiger partial charge in [-0.05, 0) is 94.5 Å². The molecule has 7 nitrogen and oxygen atoms in total. The molecule has 5 rings (SSSR count). The monoisotopic (exact) mass is 610 g/mol. The quantitative estimate of drug-likeness (QED) is 0.163. The number of benzene rings is 4. The van der Waals surface area contributed by atoms with E-state index in [4.69, 9.17) is 9.47 Å². The molecular formula is C33H27BrN2O5. The molecule has 4 aromatic carbocycles. The number of carbonyl (C=O) groups is 3. The fraction of sp³-hybridized carbons (Fsp3) is 0.121. The summed E-state index contributed by atoms with van der Waals surface area (Å²) < 4.78 is 12.3. The minimum absolute atomic E-state index is 0.171. The van der Waals surface area contributed by atoms with Crippen molar-refractivity contribution < 1.29 is 23.9 Å². The summed E-state index contributed by atoms with van der Waals surface area (Å²) in [6.07, 6.45) is 1.46. The van der Waals surface area contributed by atoms with Crippen molar-refractivity contribution in [3.63, 3.8) is 0 Å². The Labute approximate surface area is 246 Å². The highest BCUT2D eigenvalue weighted by Gasteiger charge is 2.43. The van der Waals surface area contributed by atoms with Gasteiger partial charge in [0.1, 0.15) is 12.2 Å². The predicted molar refractivity (Wildman–Crippen MR) is 162 cm³/mol. The van der Waals surface area contributed by atoms with Crippen LogP contribution in [0.4, 0.5) is 16.2 Å². The van der Waals surface area contributed by atoms with E-state index in [-0.39, 0.29) is 5.57 Å². The van der Waals surface area contributed by atoms with Crippen LogP contribution in [0.3, 0.4) is 0 Å². The number of barbiturate groups is 1. The van der Waals surface area contributed by atoms with Crippen LogP contribution in [0.25, 0.3) is 6.08 Å². The van der Waals surface area contributed by atoms with Gasteiger partial charge in [0.25, 0.3) is 11.8 Å². The molecule has 4 amide bonds. The first-order valence-electron chi connectivity index (χ1n) is 12.9. The first kappa shape index (κ1) is 27.9. The van der Waals surface area contributed by atoms with E-state index in [9.17, 15) is 14.4 Å². The first-order chi connectivity index (χ1) is 19.8. The van der Waals surface area contributed by atoms with Crippen molar-refractivity contribution in [3.05, 3.63) is 123 Å². The number of aryl methyl sites for hydroxylation is 2. The summed E-state index contributed by atoms with van der Waals surface area (Å²) in [5.41, 5.74) is 4.45. The smallest absolute Gasteiger partial charge is 0.343 e. The molecule has 1 saturated heterocycles. The molecule has 41 heavy (non-hydrogen) atoms. The number of nitrogens with zero attached hydrogens (tertiary/aromatic N) is 2. The van der Waals surface area contributed by atoms with E-state index in [1.807, 2.05) is 6.07 Å². The number of imide groups is 2.